The van der Waals surface area contributed by atoms with Crippen LogP contribution < -0.4 is 0 Å². The number of aromatic nitrogens is 2. The molecule has 2 aromatic heterocycles. The summed E-state index contributed by atoms with van der Waals surface area (Å²) in [5.41, 5.74) is 3.54. The predicted octanol–water partition coefficient (Wildman–Crippen LogP) is 4.05. The molecule has 0 N–H and O–H groups in total. The summed E-state index contributed by atoms with van der Waals surface area (Å²) in [5.74, 6) is 0. The van der Waals surface area contributed by atoms with Crippen LogP contribution in [0.1, 0.15) is 11.1 Å². The van der Waals surface area contributed by atoms with Gasteiger partial charge in [-0.2, -0.15) is 0 Å². The van der Waals surface area contributed by atoms with Gasteiger partial charge in [-0.25, -0.2) is 0 Å². The minimum Gasteiger partial charge on any atom is -0.343 e. The van der Waals surface area contributed by atoms with Crippen LogP contribution >= 0.6 is 11.6 Å². The molecule has 3 aromatic rings. The number of halogens is 1. The van der Waals surface area contributed by atoms with E-state index in [1.165, 1.54) is 16.5 Å². The highest BCUT2D eigenvalue weighted by Crippen LogP contribution is 2.21. The Morgan fingerprint density at radius 2 is 2.06 bits per heavy atom. The fourth-order valence-electron chi connectivity index (χ4n) is 2.20. The van der Waals surface area contributed by atoms with Gasteiger partial charge in [-0.05, 0) is 41.6 Å². The Morgan fingerprint density at radius 1 is 1.17 bits per heavy atom. The third-order valence-electron chi connectivity index (χ3n) is 3.02. The van der Waals surface area contributed by atoms with Crippen molar-refractivity contribution < 1.29 is 0 Å². The molecule has 90 valence electrons. The minimum atomic E-state index is 0.768. The third-order valence-corrected chi connectivity index (χ3v) is 3.26. The number of rotatable bonds is 2. The van der Waals surface area contributed by atoms with E-state index in [-0.39, 0.29) is 0 Å². The molecule has 3 rings (SSSR count). The van der Waals surface area contributed by atoms with Crippen molar-refractivity contribution in [2.75, 3.05) is 0 Å². The van der Waals surface area contributed by atoms with Crippen molar-refractivity contribution in [3.05, 3.63) is 65.1 Å². The first-order valence-electron chi connectivity index (χ1n) is 5.87. The number of hydrogen-bond donors (Lipinski definition) is 0. The van der Waals surface area contributed by atoms with E-state index in [1.54, 1.807) is 0 Å². The van der Waals surface area contributed by atoms with Crippen LogP contribution in [-0.2, 0) is 6.54 Å². The standard InChI is InChI=1S/C15H13ClN2/c1-11-6-12(9-17-8-11)10-18-5-4-13-2-3-14(16)7-15(13)18/h2-9H,10H2,1H3. The van der Waals surface area contributed by atoms with E-state index in [9.17, 15) is 0 Å². The second-order valence-electron chi connectivity index (χ2n) is 4.52. The van der Waals surface area contributed by atoms with Crippen molar-refractivity contribution in [1.82, 2.24) is 9.55 Å². The van der Waals surface area contributed by atoms with Crippen molar-refractivity contribution in [2.24, 2.45) is 0 Å². The summed E-state index contributed by atoms with van der Waals surface area (Å²) in [6, 6.07) is 10.2. The summed E-state index contributed by atoms with van der Waals surface area (Å²) in [6.45, 7) is 2.87. The van der Waals surface area contributed by atoms with Crippen LogP contribution in [0.5, 0.6) is 0 Å². The Kier molecular flexibility index (Phi) is 2.80. The highest BCUT2D eigenvalue weighted by molar-refractivity contribution is 6.31. The first-order valence-corrected chi connectivity index (χ1v) is 6.25. The van der Waals surface area contributed by atoms with Gasteiger partial charge in [0.15, 0.2) is 0 Å². The lowest BCUT2D eigenvalue weighted by Crippen LogP contribution is -1.98. The number of benzene rings is 1. The van der Waals surface area contributed by atoms with Crippen LogP contribution in [0, 0.1) is 6.92 Å². The lowest BCUT2D eigenvalue weighted by atomic mass is 10.2. The quantitative estimate of drug-likeness (QED) is 0.676. The molecule has 0 saturated carbocycles. The molecule has 0 amide bonds. The molecule has 0 unspecified atom stereocenters. The Hall–Kier alpha value is -1.80. The first-order chi connectivity index (χ1) is 8.72. The third kappa shape index (κ3) is 2.12. The Morgan fingerprint density at radius 3 is 2.89 bits per heavy atom. The molecule has 2 heterocycles. The molecular weight excluding hydrogens is 244 g/mol. The zero-order valence-corrected chi connectivity index (χ0v) is 10.9. The smallest absolute Gasteiger partial charge is 0.0498 e. The van der Waals surface area contributed by atoms with E-state index in [1.807, 2.05) is 30.6 Å². The topological polar surface area (TPSA) is 17.8 Å². The summed E-state index contributed by atoms with van der Waals surface area (Å²) in [5, 5.41) is 1.98. The maximum atomic E-state index is 6.05. The molecule has 0 saturated heterocycles. The summed E-state index contributed by atoms with van der Waals surface area (Å²) in [4.78, 5) is 4.22. The molecule has 0 aliphatic heterocycles. The minimum absolute atomic E-state index is 0.768. The van der Waals surface area contributed by atoms with Crippen LogP contribution in [0.2, 0.25) is 5.02 Å². The Labute approximate surface area is 111 Å². The zero-order valence-electron chi connectivity index (χ0n) is 10.1. The molecule has 0 aliphatic rings. The fourth-order valence-corrected chi connectivity index (χ4v) is 2.36. The molecule has 3 heteroatoms. The summed E-state index contributed by atoms with van der Waals surface area (Å²) < 4.78 is 2.19. The number of nitrogens with zero attached hydrogens (tertiary/aromatic N) is 2. The summed E-state index contributed by atoms with van der Waals surface area (Å²) in [7, 11) is 0. The normalized spacial score (nSPS) is 11.0. The SMILES string of the molecule is Cc1cncc(Cn2ccc3ccc(Cl)cc32)c1. The van der Waals surface area contributed by atoms with Crippen molar-refractivity contribution in [1.29, 1.82) is 0 Å². The molecule has 1 aromatic carbocycles. The van der Waals surface area contributed by atoms with E-state index in [4.69, 9.17) is 11.6 Å². The molecule has 0 radical (unpaired) electrons. The van der Waals surface area contributed by atoms with Gasteiger partial charge in [-0.1, -0.05) is 23.7 Å². The lowest BCUT2D eigenvalue weighted by Gasteiger charge is -2.06. The molecule has 0 bridgehead atoms. The average Bonchev–Trinajstić information content (AvgIpc) is 2.72. The van der Waals surface area contributed by atoms with E-state index >= 15 is 0 Å². The van der Waals surface area contributed by atoms with Gasteiger partial charge in [-0.15, -0.1) is 0 Å². The molecule has 0 aliphatic carbocycles. The van der Waals surface area contributed by atoms with Crippen molar-refractivity contribution >= 4 is 22.5 Å². The van der Waals surface area contributed by atoms with Gasteiger partial charge >= 0.3 is 0 Å². The molecular formula is C15H13ClN2. The maximum absolute atomic E-state index is 6.05. The van der Waals surface area contributed by atoms with Crippen LogP contribution in [0.4, 0.5) is 0 Å². The summed E-state index contributed by atoms with van der Waals surface area (Å²) >= 11 is 6.05. The number of hydrogen-bond acceptors (Lipinski definition) is 1. The second kappa shape index (κ2) is 4.46. The fraction of sp³-hybridized carbons (Fsp3) is 0.133. The van der Waals surface area contributed by atoms with Gasteiger partial charge in [0.1, 0.15) is 0 Å². The van der Waals surface area contributed by atoms with E-state index in [0.717, 1.165) is 17.1 Å². The molecule has 0 atom stereocenters. The number of fused-ring (bicyclic) bond motifs is 1. The van der Waals surface area contributed by atoms with Crippen molar-refractivity contribution in [2.45, 2.75) is 13.5 Å². The van der Waals surface area contributed by atoms with Gasteiger partial charge in [0.2, 0.25) is 0 Å². The van der Waals surface area contributed by atoms with Gasteiger partial charge in [-0.3, -0.25) is 4.98 Å². The van der Waals surface area contributed by atoms with Gasteiger partial charge < -0.3 is 4.57 Å². The van der Waals surface area contributed by atoms with Crippen LogP contribution in [-0.4, -0.2) is 9.55 Å². The first kappa shape index (κ1) is 11.3. The van der Waals surface area contributed by atoms with Crippen molar-refractivity contribution in [3.8, 4) is 0 Å². The number of aryl methyl sites for hydroxylation is 1. The van der Waals surface area contributed by atoms with Gasteiger partial charge in [0, 0.05) is 35.7 Å². The zero-order chi connectivity index (χ0) is 12.5. The molecule has 18 heavy (non-hydrogen) atoms. The van der Waals surface area contributed by atoms with E-state index < -0.39 is 0 Å². The second-order valence-corrected chi connectivity index (χ2v) is 4.95. The average molecular weight is 257 g/mol. The molecule has 0 fully saturated rings. The molecule has 0 spiro atoms. The monoisotopic (exact) mass is 256 g/mol. The van der Waals surface area contributed by atoms with Crippen LogP contribution in [0.15, 0.2) is 48.9 Å². The largest absolute Gasteiger partial charge is 0.343 e. The maximum Gasteiger partial charge on any atom is 0.0498 e. The highest BCUT2D eigenvalue weighted by Gasteiger charge is 2.03. The van der Waals surface area contributed by atoms with Crippen LogP contribution in [0.3, 0.4) is 0 Å². The predicted molar refractivity (Wildman–Crippen MR) is 75.0 cm³/mol. The molecule has 2 nitrogen and oxygen atoms in total. The van der Waals surface area contributed by atoms with E-state index in [2.05, 4.69) is 34.8 Å². The Bertz CT molecular complexity index is 701. The summed E-state index contributed by atoms with van der Waals surface area (Å²) in [6.07, 6.45) is 5.86. The van der Waals surface area contributed by atoms with Crippen molar-refractivity contribution in [3.63, 3.8) is 0 Å². The Balaban J connectivity index is 2.02. The highest BCUT2D eigenvalue weighted by atomic mass is 35.5. The lowest BCUT2D eigenvalue weighted by molar-refractivity contribution is 0.830. The van der Waals surface area contributed by atoms with Crippen LogP contribution in [0.25, 0.3) is 10.9 Å². The van der Waals surface area contributed by atoms with Gasteiger partial charge in [0.25, 0.3) is 0 Å². The number of pyridine rings is 1. The van der Waals surface area contributed by atoms with E-state index in [0.29, 0.717) is 0 Å². The van der Waals surface area contributed by atoms with Gasteiger partial charge in [0.05, 0.1) is 0 Å².